The van der Waals surface area contributed by atoms with Crippen LogP contribution >= 0.6 is 11.8 Å². The predicted octanol–water partition coefficient (Wildman–Crippen LogP) is 5.06. The van der Waals surface area contributed by atoms with Gasteiger partial charge >= 0.3 is 6.18 Å². The van der Waals surface area contributed by atoms with Gasteiger partial charge in [0.05, 0.1) is 18.2 Å². The number of β-amino-alcohol motifs (C(OH)–C–C–N with tert-alkyl or cyclic N) is 2. The summed E-state index contributed by atoms with van der Waals surface area (Å²) in [5.74, 6) is -0.00436. The molecular formula is C30H30F3N5O4S. The van der Waals surface area contributed by atoms with Crippen LogP contribution in [0, 0.1) is 17.2 Å². The number of thioether (sulfide) groups is 1. The minimum atomic E-state index is -4.54. The molecule has 3 heterocycles. The van der Waals surface area contributed by atoms with E-state index in [-0.39, 0.29) is 30.0 Å². The molecule has 1 saturated heterocycles. The molecule has 3 N–H and O–H groups in total. The van der Waals surface area contributed by atoms with E-state index >= 15 is 0 Å². The summed E-state index contributed by atoms with van der Waals surface area (Å²) in [4.78, 5) is 24.0. The van der Waals surface area contributed by atoms with Crippen LogP contribution in [-0.2, 0) is 11.0 Å². The van der Waals surface area contributed by atoms with Crippen molar-refractivity contribution in [1.29, 1.82) is 5.26 Å². The van der Waals surface area contributed by atoms with Gasteiger partial charge in [-0.05, 0) is 49.9 Å². The molecule has 2 aliphatic carbocycles. The summed E-state index contributed by atoms with van der Waals surface area (Å²) >= 11 is 1.08. The first-order chi connectivity index (χ1) is 20.5. The van der Waals surface area contributed by atoms with Crippen LogP contribution in [0.3, 0.4) is 0 Å². The maximum Gasteiger partial charge on any atom is 0.417 e. The number of benzene rings is 1. The van der Waals surface area contributed by atoms with Crippen molar-refractivity contribution < 1.29 is 32.6 Å². The number of nitriles is 1. The van der Waals surface area contributed by atoms with Gasteiger partial charge < -0.3 is 24.8 Å². The molecule has 43 heavy (non-hydrogen) atoms. The van der Waals surface area contributed by atoms with Gasteiger partial charge in [-0.25, -0.2) is 4.98 Å². The van der Waals surface area contributed by atoms with Crippen molar-refractivity contribution in [3.8, 4) is 28.9 Å². The lowest BCUT2D eigenvalue weighted by molar-refractivity contribution is -0.137. The van der Waals surface area contributed by atoms with Crippen LogP contribution in [-0.4, -0.2) is 55.6 Å². The Balaban J connectivity index is 1.36. The first kappa shape index (κ1) is 29.5. The second-order valence-corrected chi connectivity index (χ2v) is 12.8. The fourth-order valence-corrected chi connectivity index (χ4v) is 6.69. The SMILES string of the molecule is N#CC1(NC(=O)C2CCCCC2c2oc(-c3ccc(C(F)(F)F)cn3)nc2-c2ccc(N3CCSC(O)(O)C3)cc2)CC1. The summed E-state index contributed by atoms with van der Waals surface area (Å²) in [6.45, 7) is 0.675. The average molecular weight is 614 g/mol. The van der Waals surface area contributed by atoms with Crippen molar-refractivity contribution >= 4 is 23.4 Å². The van der Waals surface area contributed by atoms with E-state index in [1.54, 1.807) is 0 Å². The second-order valence-electron chi connectivity index (χ2n) is 11.4. The zero-order valence-electron chi connectivity index (χ0n) is 23.1. The number of carbonyl (C=O) groups excluding carboxylic acids is 1. The lowest BCUT2D eigenvalue weighted by Gasteiger charge is -2.36. The van der Waals surface area contributed by atoms with Crippen molar-refractivity contribution in [3.05, 3.63) is 53.9 Å². The lowest BCUT2D eigenvalue weighted by Crippen LogP contribution is -2.46. The van der Waals surface area contributed by atoms with Crippen molar-refractivity contribution in [2.75, 3.05) is 23.7 Å². The zero-order valence-corrected chi connectivity index (χ0v) is 23.9. The van der Waals surface area contributed by atoms with Gasteiger partial charge in [-0.3, -0.25) is 9.78 Å². The molecular weight excluding hydrogens is 583 g/mol. The molecule has 9 nitrogen and oxygen atoms in total. The average Bonchev–Trinajstić information content (AvgIpc) is 3.62. The molecule has 2 unspecified atom stereocenters. The number of nitrogens with one attached hydrogen (secondary N) is 1. The Kier molecular flexibility index (Phi) is 7.64. The number of hydrogen-bond donors (Lipinski definition) is 3. The Labute approximate surface area is 250 Å². The van der Waals surface area contributed by atoms with Crippen molar-refractivity contribution in [3.63, 3.8) is 0 Å². The van der Waals surface area contributed by atoms with Crippen LogP contribution in [0.4, 0.5) is 18.9 Å². The fraction of sp³-hybridized carbons (Fsp3) is 0.467. The van der Waals surface area contributed by atoms with Gasteiger partial charge in [-0.15, -0.1) is 0 Å². The minimum absolute atomic E-state index is 0.0407. The molecule has 0 spiro atoms. The molecule has 1 amide bonds. The van der Waals surface area contributed by atoms with E-state index in [0.29, 0.717) is 55.0 Å². The third-order valence-electron chi connectivity index (χ3n) is 8.33. The van der Waals surface area contributed by atoms with Crippen LogP contribution < -0.4 is 10.2 Å². The summed E-state index contributed by atoms with van der Waals surface area (Å²) in [5, 5.41) is 30.8. The monoisotopic (exact) mass is 613 g/mol. The molecule has 6 rings (SSSR count). The van der Waals surface area contributed by atoms with Gasteiger partial charge in [-0.2, -0.15) is 18.4 Å². The van der Waals surface area contributed by atoms with Crippen LogP contribution in [0.15, 0.2) is 47.0 Å². The highest BCUT2D eigenvalue weighted by molar-refractivity contribution is 8.00. The smallest absolute Gasteiger partial charge is 0.417 e. The van der Waals surface area contributed by atoms with E-state index in [1.165, 1.54) is 6.07 Å². The highest BCUT2D eigenvalue weighted by atomic mass is 32.2. The number of rotatable bonds is 6. The molecule has 13 heteroatoms. The number of amides is 1. The van der Waals surface area contributed by atoms with Crippen LogP contribution in [0.5, 0.6) is 0 Å². The molecule has 3 aliphatic rings. The molecule has 226 valence electrons. The number of alkyl halides is 3. The molecule has 3 aromatic rings. The summed E-state index contributed by atoms with van der Waals surface area (Å²) in [6.07, 6.45) is 0.344. The molecule has 2 atom stereocenters. The van der Waals surface area contributed by atoms with Crippen molar-refractivity contribution in [2.24, 2.45) is 5.92 Å². The molecule has 1 aliphatic heterocycles. The van der Waals surface area contributed by atoms with E-state index in [2.05, 4.69) is 21.4 Å². The number of hydrogen-bond acceptors (Lipinski definition) is 9. The van der Waals surface area contributed by atoms with Crippen molar-refractivity contribution in [1.82, 2.24) is 15.3 Å². The van der Waals surface area contributed by atoms with E-state index in [4.69, 9.17) is 4.42 Å². The topological polar surface area (TPSA) is 136 Å². The number of anilines is 1. The second kappa shape index (κ2) is 11.2. The van der Waals surface area contributed by atoms with Crippen LogP contribution in [0.1, 0.15) is 55.8 Å². The predicted molar refractivity (Wildman–Crippen MR) is 152 cm³/mol. The van der Waals surface area contributed by atoms with E-state index in [1.807, 2.05) is 29.2 Å². The van der Waals surface area contributed by atoms with Gasteiger partial charge in [0, 0.05) is 41.6 Å². The summed E-state index contributed by atoms with van der Waals surface area (Å²) in [6, 6.07) is 11.7. The van der Waals surface area contributed by atoms with Gasteiger partial charge in [0.15, 0.2) is 0 Å². The van der Waals surface area contributed by atoms with Gasteiger partial charge in [0.2, 0.25) is 16.9 Å². The standard InChI is InChI=1S/C30H30F3N5O4S/c31-30(32,33)19-7-10-23(35-15-19)27-36-24(18-5-8-20(9-6-18)38-13-14-43-29(40,41)17-38)25(42-27)21-3-1-2-4-22(21)26(39)37-28(16-34)11-12-28/h5-10,15,21-22,40-41H,1-4,11-14,17H2,(H,37,39). The number of halogens is 3. The third kappa shape index (κ3) is 6.23. The number of carbonyl (C=O) groups is 1. The first-order valence-corrected chi connectivity index (χ1v) is 15.2. The Hall–Kier alpha value is -3.60. The van der Waals surface area contributed by atoms with Gasteiger partial charge in [-0.1, -0.05) is 36.7 Å². The van der Waals surface area contributed by atoms with Crippen molar-refractivity contribution in [2.45, 2.75) is 61.3 Å². The molecule has 2 aromatic heterocycles. The number of aliphatic hydroxyl groups is 2. The Morgan fingerprint density at radius 3 is 2.51 bits per heavy atom. The Bertz CT molecular complexity index is 1530. The largest absolute Gasteiger partial charge is 0.439 e. The third-order valence-corrected chi connectivity index (χ3v) is 9.30. The molecule has 0 radical (unpaired) electrons. The van der Waals surface area contributed by atoms with E-state index < -0.39 is 28.3 Å². The summed E-state index contributed by atoms with van der Waals surface area (Å²) in [5.41, 5.74) is 0.340. The van der Waals surface area contributed by atoms with Crippen LogP contribution in [0.2, 0.25) is 0 Å². The number of nitrogens with zero attached hydrogens (tertiary/aromatic N) is 4. The maximum absolute atomic E-state index is 13.4. The van der Waals surface area contributed by atoms with Gasteiger partial charge in [0.1, 0.15) is 22.7 Å². The van der Waals surface area contributed by atoms with Gasteiger partial charge in [0.25, 0.3) is 0 Å². The van der Waals surface area contributed by atoms with E-state index in [9.17, 15) is 33.4 Å². The lowest BCUT2D eigenvalue weighted by atomic mass is 9.76. The van der Waals surface area contributed by atoms with Crippen LogP contribution in [0.25, 0.3) is 22.8 Å². The number of aromatic nitrogens is 2. The summed E-state index contributed by atoms with van der Waals surface area (Å²) < 4.78 is 45.8. The quantitative estimate of drug-likeness (QED) is 0.326. The maximum atomic E-state index is 13.4. The minimum Gasteiger partial charge on any atom is -0.439 e. The molecule has 3 fully saturated rings. The fourth-order valence-electron chi connectivity index (χ4n) is 5.81. The Morgan fingerprint density at radius 2 is 1.88 bits per heavy atom. The van der Waals surface area contributed by atoms with E-state index in [0.717, 1.165) is 42.6 Å². The highest BCUT2D eigenvalue weighted by Crippen LogP contribution is 2.45. The molecule has 2 saturated carbocycles. The highest BCUT2D eigenvalue weighted by Gasteiger charge is 2.47. The first-order valence-electron chi connectivity index (χ1n) is 14.2. The Morgan fingerprint density at radius 1 is 1.14 bits per heavy atom. The number of oxazole rings is 1. The molecule has 0 bridgehead atoms. The summed E-state index contributed by atoms with van der Waals surface area (Å²) in [7, 11) is 0. The normalized spacial score (nSPS) is 22.9. The molecule has 1 aromatic carbocycles. The number of pyridine rings is 1. The zero-order chi connectivity index (χ0) is 30.4.